The van der Waals surface area contributed by atoms with Crippen LogP contribution in [-0.2, 0) is 41.4 Å². The Kier molecular flexibility index (Phi) is 10.7. The van der Waals surface area contributed by atoms with E-state index in [1.54, 1.807) is 0 Å². The smallest absolute Gasteiger partial charge is 0.337 e. The third-order valence-electron chi connectivity index (χ3n) is 8.23. The molecule has 1 heterocycles. The number of benzene rings is 4. The van der Waals surface area contributed by atoms with Crippen LogP contribution in [0.2, 0.25) is 5.04 Å². The fourth-order valence-corrected chi connectivity index (χ4v) is 10.5. The SMILES string of the molecule is COC(=O)C1O[C@@H](O[Si](c2ccccc2)(c2ccccc2)C(C)(C)C)C(OCc2ccccc2)[C@H](OCc2ccccc2)[C@@H]1O. The van der Waals surface area contributed by atoms with Crippen molar-refractivity contribution in [2.45, 2.75) is 69.7 Å². The number of hydrogen-bond donors (Lipinski definition) is 1. The molecule has 4 aromatic rings. The standard InChI is InChI=1S/C37H42O7Si/c1-37(2,3)45(29-21-13-7-14-22-29,30-23-15-8-16-24-30)44-36-34(42-26-28-19-11-6-12-20-28)32(31(38)33(43-36)35(39)40-4)41-25-27-17-9-5-10-18-27/h5-24,31-34,36,38H,25-26H2,1-4H3/t31-,32+,33?,34?,36-/m0/s1. The lowest BCUT2D eigenvalue weighted by atomic mass is 9.98. The first kappa shape index (κ1) is 32.8. The predicted octanol–water partition coefficient (Wildman–Crippen LogP) is 4.99. The van der Waals surface area contributed by atoms with Crippen LogP contribution in [-0.4, -0.2) is 57.2 Å². The highest BCUT2D eigenvalue weighted by atomic mass is 28.4. The summed E-state index contributed by atoms with van der Waals surface area (Å²) in [5.41, 5.74) is 1.85. The maximum absolute atomic E-state index is 13.1. The fraction of sp³-hybridized carbons (Fsp3) is 0.324. The molecule has 7 nitrogen and oxygen atoms in total. The number of carbonyl (C=O) groups is 1. The minimum Gasteiger partial charge on any atom is -0.467 e. The molecule has 1 fully saturated rings. The van der Waals surface area contributed by atoms with Crippen molar-refractivity contribution in [2.24, 2.45) is 0 Å². The van der Waals surface area contributed by atoms with E-state index in [1.807, 2.05) is 97.1 Å². The van der Waals surface area contributed by atoms with Crippen LogP contribution in [0.15, 0.2) is 121 Å². The third kappa shape index (κ3) is 7.28. The number of esters is 1. The lowest BCUT2D eigenvalue weighted by molar-refractivity contribution is -0.295. The monoisotopic (exact) mass is 626 g/mol. The first-order valence-electron chi connectivity index (χ1n) is 15.3. The van der Waals surface area contributed by atoms with Gasteiger partial charge < -0.3 is 28.5 Å². The maximum Gasteiger partial charge on any atom is 0.337 e. The van der Waals surface area contributed by atoms with E-state index in [4.69, 9.17) is 23.4 Å². The highest BCUT2D eigenvalue weighted by Gasteiger charge is 2.57. The van der Waals surface area contributed by atoms with E-state index in [0.717, 1.165) is 21.5 Å². The van der Waals surface area contributed by atoms with E-state index in [-0.39, 0.29) is 18.3 Å². The summed E-state index contributed by atoms with van der Waals surface area (Å²) in [5, 5.41) is 13.3. The molecule has 1 saturated heterocycles. The normalized spacial score (nSPS) is 22.1. The molecule has 0 amide bonds. The Morgan fingerprint density at radius 1 is 0.711 bits per heavy atom. The summed E-state index contributed by atoms with van der Waals surface area (Å²) in [5.74, 6) is -0.714. The molecule has 2 unspecified atom stereocenters. The number of aliphatic hydroxyl groups is 1. The van der Waals surface area contributed by atoms with Crippen molar-refractivity contribution in [3.8, 4) is 0 Å². The van der Waals surface area contributed by atoms with Gasteiger partial charge in [-0.3, -0.25) is 0 Å². The quantitative estimate of drug-likeness (QED) is 0.186. The summed E-state index contributed by atoms with van der Waals surface area (Å²) < 4.78 is 31.9. The van der Waals surface area contributed by atoms with Crippen molar-refractivity contribution in [3.63, 3.8) is 0 Å². The van der Waals surface area contributed by atoms with Crippen LogP contribution < -0.4 is 10.4 Å². The number of aliphatic hydroxyl groups excluding tert-OH is 1. The highest BCUT2D eigenvalue weighted by Crippen LogP contribution is 2.40. The van der Waals surface area contributed by atoms with Gasteiger partial charge in [0, 0.05) is 0 Å². The van der Waals surface area contributed by atoms with Crippen LogP contribution >= 0.6 is 0 Å². The number of hydrogen-bond acceptors (Lipinski definition) is 7. The molecular formula is C37H42O7Si. The zero-order valence-corrected chi connectivity index (χ0v) is 27.2. The summed E-state index contributed by atoms with van der Waals surface area (Å²) in [6.45, 7) is 6.90. The van der Waals surface area contributed by atoms with Crippen molar-refractivity contribution >= 4 is 24.7 Å². The molecule has 0 bridgehead atoms. The Bertz CT molecular complexity index is 1440. The molecule has 0 aliphatic carbocycles. The Labute approximate surface area is 266 Å². The molecule has 0 spiro atoms. The Hall–Kier alpha value is -3.63. The van der Waals surface area contributed by atoms with Gasteiger partial charge >= 0.3 is 5.97 Å². The van der Waals surface area contributed by atoms with Gasteiger partial charge in [-0.05, 0) is 26.5 Å². The molecule has 5 rings (SSSR count). The topological polar surface area (TPSA) is 83.5 Å². The fourth-order valence-electron chi connectivity index (χ4n) is 6.00. The molecule has 1 N–H and O–H groups in total. The highest BCUT2D eigenvalue weighted by molar-refractivity contribution is 6.99. The van der Waals surface area contributed by atoms with Crippen molar-refractivity contribution in [1.82, 2.24) is 0 Å². The van der Waals surface area contributed by atoms with Gasteiger partial charge in [0.25, 0.3) is 8.32 Å². The van der Waals surface area contributed by atoms with Gasteiger partial charge in [-0.1, -0.05) is 142 Å². The number of rotatable bonds is 11. The van der Waals surface area contributed by atoms with Gasteiger partial charge in [-0.2, -0.15) is 0 Å². The molecule has 8 heteroatoms. The van der Waals surface area contributed by atoms with Gasteiger partial charge in [0.2, 0.25) is 0 Å². The van der Waals surface area contributed by atoms with E-state index in [2.05, 4.69) is 45.0 Å². The zero-order valence-electron chi connectivity index (χ0n) is 26.2. The van der Waals surface area contributed by atoms with Crippen LogP contribution in [0.1, 0.15) is 31.9 Å². The molecule has 1 aliphatic heterocycles. The molecule has 236 valence electrons. The average Bonchev–Trinajstić information content (AvgIpc) is 3.07. The Morgan fingerprint density at radius 3 is 1.56 bits per heavy atom. The van der Waals surface area contributed by atoms with E-state index in [1.165, 1.54) is 7.11 Å². The summed E-state index contributed by atoms with van der Waals surface area (Å²) in [6.07, 6.45) is -5.69. The van der Waals surface area contributed by atoms with Gasteiger partial charge in [-0.15, -0.1) is 0 Å². The lowest BCUT2D eigenvalue weighted by Crippen LogP contribution is -2.71. The molecule has 1 aliphatic rings. The average molecular weight is 627 g/mol. The minimum atomic E-state index is -3.19. The van der Waals surface area contributed by atoms with E-state index >= 15 is 0 Å². The first-order valence-corrected chi connectivity index (χ1v) is 17.2. The van der Waals surface area contributed by atoms with Crippen molar-refractivity contribution < 1.29 is 33.3 Å². The molecule has 0 aromatic heterocycles. The largest absolute Gasteiger partial charge is 0.467 e. The Morgan fingerprint density at radius 2 is 1.13 bits per heavy atom. The molecule has 0 radical (unpaired) electrons. The first-order chi connectivity index (χ1) is 21.7. The van der Waals surface area contributed by atoms with E-state index < -0.39 is 45.0 Å². The number of carbonyl (C=O) groups excluding carboxylic acids is 1. The zero-order chi connectivity index (χ0) is 31.9. The summed E-state index contributed by atoms with van der Waals surface area (Å²) in [4.78, 5) is 13.1. The van der Waals surface area contributed by atoms with Crippen molar-refractivity contribution in [3.05, 3.63) is 132 Å². The van der Waals surface area contributed by atoms with Crippen molar-refractivity contribution in [2.75, 3.05) is 7.11 Å². The molecular weight excluding hydrogens is 584 g/mol. The predicted molar refractivity (Wildman–Crippen MR) is 175 cm³/mol. The summed E-state index contributed by atoms with van der Waals surface area (Å²) in [6, 6.07) is 39.8. The van der Waals surface area contributed by atoms with Gasteiger partial charge in [-0.25, -0.2) is 4.79 Å². The third-order valence-corrected chi connectivity index (χ3v) is 13.2. The van der Waals surface area contributed by atoms with E-state index in [9.17, 15) is 9.90 Å². The molecule has 5 atom stereocenters. The van der Waals surface area contributed by atoms with Crippen LogP contribution in [0.5, 0.6) is 0 Å². The molecule has 0 saturated carbocycles. The van der Waals surface area contributed by atoms with Gasteiger partial charge in [0.15, 0.2) is 12.4 Å². The van der Waals surface area contributed by atoms with Crippen LogP contribution in [0, 0.1) is 0 Å². The van der Waals surface area contributed by atoms with Crippen LogP contribution in [0.3, 0.4) is 0 Å². The second-order valence-corrected chi connectivity index (χ2v) is 16.5. The summed E-state index contributed by atoms with van der Waals surface area (Å²) in [7, 11) is -1.92. The van der Waals surface area contributed by atoms with Crippen molar-refractivity contribution in [1.29, 1.82) is 0 Å². The second-order valence-electron chi connectivity index (χ2n) is 12.2. The lowest BCUT2D eigenvalue weighted by Gasteiger charge is -2.49. The maximum atomic E-state index is 13.1. The second kappa shape index (κ2) is 14.6. The molecule has 45 heavy (non-hydrogen) atoms. The van der Waals surface area contributed by atoms with E-state index in [0.29, 0.717) is 0 Å². The summed E-state index contributed by atoms with van der Waals surface area (Å²) >= 11 is 0. The van der Waals surface area contributed by atoms with Gasteiger partial charge in [0.1, 0.15) is 18.3 Å². The van der Waals surface area contributed by atoms with Crippen LogP contribution in [0.4, 0.5) is 0 Å². The number of ether oxygens (including phenoxy) is 4. The van der Waals surface area contributed by atoms with Crippen LogP contribution in [0.25, 0.3) is 0 Å². The van der Waals surface area contributed by atoms with Gasteiger partial charge in [0.05, 0.1) is 20.3 Å². The Balaban J connectivity index is 1.62. The molecule has 4 aromatic carbocycles. The minimum absolute atomic E-state index is 0.188. The number of methoxy groups -OCH3 is 1.